The Morgan fingerprint density at radius 1 is 1.00 bits per heavy atom. The summed E-state index contributed by atoms with van der Waals surface area (Å²) in [5, 5.41) is 28.9. The summed E-state index contributed by atoms with van der Waals surface area (Å²) in [7, 11) is 0. The van der Waals surface area contributed by atoms with Crippen LogP contribution >= 0.6 is 0 Å². The van der Waals surface area contributed by atoms with Crippen molar-refractivity contribution >= 4 is 17.9 Å². The molecule has 8 heteroatoms. The molecule has 1 aliphatic heterocycles. The molecule has 0 aromatic carbocycles. The summed E-state index contributed by atoms with van der Waals surface area (Å²) in [6.07, 6.45) is 19.9. The molecule has 0 unspecified atom stereocenters. The summed E-state index contributed by atoms with van der Waals surface area (Å²) >= 11 is 0. The van der Waals surface area contributed by atoms with E-state index in [1.807, 2.05) is 19.1 Å². The summed E-state index contributed by atoms with van der Waals surface area (Å²) in [6, 6.07) is 0. The van der Waals surface area contributed by atoms with E-state index >= 15 is 0 Å². The van der Waals surface area contributed by atoms with Gasteiger partial charge in [0.2, 0.25) is 0 Å². The van der Waals surface area contributed by atoms with Crippen molar-refractivity contribution in [1.82, 2.24) is 0 Å². The van der Waals surface area contributed by atoms with Gasteiger partial charge in [-0.15, -0.1) is 0 Å². The van der Waals surface area contributed by atoms with E-state index < -0.39 is 42.6 Å². The molecule has 8 nitrogen and oxygen atoms in total. The molecule has 0 saturated heterocycles. The van der Waals surface area contributed by atoms with E-state index in [1.165, 1.54) is 12.2 Å². The molecule has 0 saturated carbocycles. The third-order valence-electron chi connectivity index (χ3n) is 4.80. The minimum atomic E-state index is -1.28. The molecule has 0 bridgehead atoms. The van der Waals surface area contributed by atoms with Gasteiger partial charge in [0.15, 0.2) is 0 Å². The molecule has 1 aliphatic rings. The Morgan fingerprint density at radius 2 is 1.69 bits per heavy atom. The van der Waals surface area contributed by atoms with Crippen LogP contribution in [0.5, 0.6) is 0 Å². The second-order valence-electron chi connectivity index (χ2n) is 8.12. The third kappa shape index (κ3) is 16.9. The number of carboxylic acids is 1. The predicted octanol–water partition coefficient (Wildman–Crippen LogP) is 3.72. The summed E-state index contributed by atoms with van der Waals surface area (Å²) < 4.78 is 10.5. The Morgan fingerprint density at radius 3 is 2.46 bits per heavy atom. The van der Waals surface area contributed by atoms with Gasteiger partial charge < -0.3 is 24.8 Å². The highest BCUT2D eigenvalue weighted by Crippen LogP contribution is 2.09. The van der Waals surface area contributed by atoms with Crippen LogP contribution in [0, 0.1) is 0 Å². The number of hydrogen-bond acceptors (Lipinski definition) is 7. The zero-order valence-corrected chi connectivity index (χ0v) is 20.1. The van der Waals surface area contributed by atoms with Gasteiger partial charge in [-0.25, -0.2) is 4.79 Å². The highest BCUT2D eigenvalue weighted by Gasteiger charge is 2.14. The molecule has 3 N–H and O–H groups in total. The van der Waals surface area contributed by atoms with Crippen molar-refractivity contribution in [2.75, 3.05) is 0 Å². The summed E-state index contributed by atoms with van der Waals surface area (Å²) in [5.74, 6) is -2.60. The highest BCUT2D eigenvalue weighted by molar-refractivity contribution is 5.90. The molecule has 4 atom stereocenters. The van der Waals surface area contributed by atoms with Crippen LogP contribution in [-0.2, 0) is 23.9 Å². The van der Waals surface area contributed by atoms with Crippen LogP contribution in [-0.4, -0.2) is 57.6 Å². The minimum Gasteiger partial charge on any atom is -0.481 e. The molecule has 0 amide bonds. The first-order valence-corrected chi connectivity index (χ1v) is 11.7. The number of allylic oxidation sites excluding steroid dienone is 7. The summed E-state index contributed by atoms with van der Waals surface area (Å²) in [4.78, 5) is 34.4. The number of carbonyl (C=O) groups is 3. The van der Waals surface area contributed by atoms with Crippen LogP contribution < -0.4 is 0 Å². The highest BCUT2D eigenvalue weighted by atomic mass is 16.5. The maximum absolute atomic E-state index is 11.9. The van der Waals surface area contributed by atoms with Crippen LogP contribution in [0.25, 0.3) is 0 Å². The maximum Gasteiger partial charge on any atom is 0.331 e. The van der Waals surface area contributed by atoms with Gasteiger partial charge >= 0.3 is 17.9 Å². The lowest BCUT2D eigenvalue weighted by molar-refractivity contribution is -0.153. The van der Waals surface area contributed by atoms with E-state index in [9.17, 15) is 24.6 Å². The molecule has 0 radical (unpaired) electrons. The van der Waals surface area contributed by atoms with Crippen molar-refractivity contribution in [1.29, 1.82) is 0 Å². The van der Waals surface area contributed by atoms with Crippen molar-refractivity contribution < 1.29 is 39.2 Å². The minimum absolute atomic E-state index is 0.189. The molecule has 0 fully saturated rings. The van der Waals surface area contributed by atoms with Gasteiger partial charge in [0.25, 0.3) is 0 Å². The van der Waals surface area contributed by atoms with E-state index in [2.05, 4.69) is 0 Å². The third-order valence-corrected chi connectivity index (χ3v) is 4.80. The standard InChI is InChI=1S/C27H36O8/c1-21-13-7-3-2-4-8-14-22(28)19-23(29)15-9-5-10-16-24(35-27(33)20-25(30)31)17-11-6-12-18-26(32)34-21/h2,4-6,8-12,14,16,18,21-24,28-29H,3,7,13,15,17,19-20H2,1H3,(H,30,31)/b4-2+,9-5?,11-6+,14-8+,16-10?,18-12?/t21-,22+,23+,24-/m1/s1. The Bertz CT molecular complexity index is 834. The average Bonchev–Trinajstić information content (AvgIpc) is 2.76. The molecule has 0 aromatic heterocycles. The predicted molar refractivity (Wildman–Crippen MR) is 132 cm³/mol. The number of carbonyl (C=O) groups excluding carboxylic acids is 2. The van der Waals surface area contributed by atoms with Crippen molar-refractivity contribution in [3.63, 3.8) is 0 Å². The monoisotopic (exact) mass is 488 g/mol. The number of cyclic esters (lactones) is 1. The van der Waals surface area contributed by atoms with Gasteiger partial charge in [0, 0.05) is 18.9 Å². The fraction of sp³-hybridized carbons (Fsp3) is 0.444. The molecule has 0 spiro atoms. The van der Waals surface area contributed by atoms with Crippen molar-refractivity contribution in [3.05, 3.63) is 72.9 Å². The van der Waals surface area contributed by atoms with Crippen LogP contribution in [0.3, 0.4) is 0 Å². The fourth-order valence-electron chi connectivity index (χ4n) is 3.07. The van der Waals surface area contributed by atoms with Gasteiger partial charge in [-0.1, -0.05) is 60.8 Å². The molecule has 0 aliphatic carbocycles. The second-order valence-corrected chi connectivity index (χ2v) is 8.12. The van der Waals surface area contributed by atoms with Crippen LogP contribution in [0.4, 0.5) is 0 Å². The number of rotatable bonds is 3. The van der Waals surface area contributed by atoms with Crippen LogP contribution in [0.15, 0.2) is 72.9 Å². The summed E-state index contributed by atoms with van der Waals surface area (Å²) in [5.41, 5.74) is 0. The average molecular weight is 489 g/mol. The molecular formula is C27H36O8. The largest absolute Gasteiger partial charge is 0.481 e. The van der Waals surface area contributed by atoms with E-state index in [0.29, 0.717) is 12.8 Å². The van der Waals surface area contributed by atoms with Gasteiger partial charge in [-0.2, -0.15) is 0 Å². The number of esters is 2. The SMILES string of the molecule is C[C@@H]1CCC/C=C/C=C/[C@H](O)C[C@@H](O)CC=CC=C[C@@H](OC(=O)CC(=O)O)C/C=C/C=CC(=O)O1. The molecule has 1 heterocycles. The van der Waals surface area contributed by atoms with Crippen molar-refractivity contribution in [2.45, 2.75) is 76.3 Å². The molecule has 0 aromatic rings. The first-order valence-electron chi connectivity index (χ1n) is 11.7. The molecule has 35 heavy (non-hydrogen) atoms. The Balaban J connectivity index is 2.87. The van der Waals surface area contributed by atoms with Crippen molar-refractivity contribution in [2.24, 2.45) is 0 Å². The van der Waals surface area contributed by atoms with Gasteiger partial charge in [-0.3, -0.25) is 9.59 Å². The van der Waals surface area contributed by atoms with Crippen molar-refractivity contribution in [3.8, 4) is 0 Å². The lowest BCUT2D eigenvalue weighted by Crippen LogP contribution is -2.18. The van der Waals surface area contributed by atoms with E-state index in [0.717, 1.165) is 12.8 Å². The van der Waals surface area contributed by atoms with Gasteiger partial charge in [0.05, 0.1) is 18.3 Å². The second kappa shape index (κ2) is 18.1. The zero-order valence-electron chi connectivity index (χ0n) is 20.1. The quantitative estimate of drug-likeness (QED) is 0.405. The Hall–Kier alpha value is -3.23. The van der Waals surface area contributed by atoms with E-state index in [-0.39, 0.29) is 18.9 Å². The maximum atomic E-state index is 11.9. The number of aliphatic hydroxyl groups is 2. The van der Waals surface area contributed by atoms with Gasteiger partial charge in [-0.05, 0) is 38.7 Å². The zero-order chi connectivity index (χ0) is 25.9. The topological polar surface area (TPSA) is 130 Å². The summed E-state index contributed by atoms with van der Waals surface area (Å²) in [6.45, 7) is 1.83. The van der Waals surface area contributed by atoms with Crippen LogP contribution in [0.2, 0.25) is 0 Å². The number of aliphatic hydroxyl groups excluding tert-OH is 2. The number of ether oxygens (including phenoxy) is 2. The lowest BCUT2D eigenvalue weighted by Gasteiger charge is -2.12. The fourth-order valence-corrected chi connectivity index (χ4v) is 3.07. The molecular weight excluding hydrogens is 452 g/mol. The Kier molecular flexibility index (Phi) is 15.4. The van der Waals surface area contributed by atoms with E-state index in [4.69, 9.17) is 14.6 Å². The van der Waals surface area contributed by atoms with Gasteiger partial charge in [0.1, 0.15) is 12.5 Å². The number of carboxylic acid groups (broad SMARTS) is 1. The van der Waals surface area contributed by atoms with E-state index in [1.54, 1.807) is 48.6 Å². The number of aliphatic carboxylic acids is 1. The normalized spacial score (nSPS) is 28.3. The first-order chi connectivity index (χ1) is 16.8. The Labute approximate surface area is 206 Å². The lowest BCUT2D eigenvalue weighted by atomic mass is 10.1. The number of hydrogen-bond donors (Lipinski definition) is 3. The smallest absolute Gasteiger partial charge is 0.331 e. The molecule has 192 valence electrons. The van der Waals surface area contributed by atoms with Crippen LogP contribution in [0.1, 0.15) is 51.9 Å². The molecule has 1 rings (SSSR count). The first kappa shape index (κ1) is 29.8.